The highest BCUT2D eigenvalue weighted by Gasteiger charge is 2.28. The van der Waals surface area contributed by atoms with Crippen LogP contribution in [0, 0.1) is 0 Å². The SMILES string of the molecule is c1ccc2cc(COC3CNCCC3c3cnc(OCCOC4CCCCC4)nc3)ccc2c1. The van der Waals surface area contributed by atoms with Crippen molar-refractivity contribution in [3.63, 3.8) is 0 Å². The Kier molecular flexibility index (Phi) is 8.01. The van der Waals surface area contributed by atoms with E-state index in [1.165, 1.54) is 48.4 Å². The summed E-state index contributed by atoms with van der Waals surface area (Å²) >= 11 is 0. The van der Waals surface area contributed by atoms with Crippen LogP contribution < -0.4 is 10.1 Å². The second kappa shape index (κ2) is 11.7. The minimum atomic E-state index is 0.0829. The molecular formula is C28H35N3O3. The number of rotatable bonds is 9. The van der Waals surface area contributed by atoms with Crippen LogP contribution in [0.5, 0.6) is 6.01 Å². The number of hydrogen-bond donors (Lipinski definition) is 1. The van der Waals surface area contributed by atoms with Crippen molar-refractivity contribution in [2.45, 2.75) is 63.3 Å². The van der Waals surface area contributed by atoms with Crippen LogP contribution in [0.3, 0.4) is 0 Å². The Morgan fingerprint density at radius 1 is 0.853 bits per heavy atom. The average molecular weight is 462 g/mol. The maximum atomic E-state index is 6.39. The van der Waals surface area contributed by atoms with Crippen molar-refractivity contribution < 1.29 is 14.2 Å². The molecule has 0 bridgehead atoms. The molecule has 1 N–H and O–H groups in total. The molecule has 0 amide bonds. The summed E-state index contributed by atoms with van der Waals surface area (Å²) < 4.78 is 18.0. The zero-order chi connectivity index (χ0) is 23.0. The number of piperidine rings is 1. The molecule has 1 aliphatic heterocycles. The average Bonchev–Trinajstić information content (AvgIpc) is 2.91. The third-order valence-electron chi connectivity index (χ3n) is 7.00. The Bertz CT molecular complexity index is 1040. The molecule has 3 aromatic rings. The van der Waals surface area contributed by atoms with Crippen molar-refractivity contribution in [2.75, 3.05) is 26.3 Å². The number of aromatic nitrogens is 2. The molecule has 2 aliphatic rings. The first kappa shape index (κ1) is 23.2. The van der Waals surface area contributed by atoms with Crippen LogP contribution in [0.15, 0.2) is 54.9 Å². The van der Waals surface area contributed by atoms with Gasteiger partial charge in [-0.1, -0.05) is 55.7 Å². The van der Waals surface area contributed by atoms with Crippen molar-refractivity contribution in [3.05, 3.63) is 66.0 Å². The predicted molar refractivity (Wildman–Crippen MR) is 133 cm³/mol. The molecule has 180 valence electrons. The molecule has 0 spiro atoms. The number of nitrogens with one attached hydrogen (secondary N) is 1. The fourth-order valence-corrected chi connectivity index (χ4v) is 5.09. The first-order chi connectivity index (χ1) is 16.8. The fourth-order valence-electron chi connectivity index (χ4n) is 5.09. The molecule has 0 radical (unpaired) electrons. The van der Waals surface area contributed by atoms with E-state index >= 15 is 0 Å². The molecule has 2 unspecified atom stereocenters. The van der Waals surface area contributed by atoms with Gasteiger partial charge in [0.1, 0.15) is 6.61 Å². The smallest absolute Gasteiger partial charge is 0.316 e. The highest BCUT2D eigenvalue weighted by atomic mass is 16.5. The van der Waals surface area contributed by atoms with Gasteiger partial charge in [0.05, 0.1) is 25.4 Å². The highest BCUT2D eigenvalue weighted by molar-refractivity contribution is 5.82. The molecule has 1 saturated carbocycles. The maximum Gasteiger partial charge on any atom is 0.316 e. The molecule has 1 aliphatic carbocycles. The molecule has 34 heavy (non-hydrogen) atoms. The molecule has 5 rings (SSSR count). The second-order valence-electron chi connectivity index (χ2n) is 9.41. The summed E-state index contributed by atoms with van der Waals surface area (Å²) in [5.74, 6) is 0.269. The van der Waals surface area contributed by atoms with Crippen molar-refractivity contribution in [2.24, 2.45) is 0 Å². The molecular weight excluding hydrogens is 426 g/mol. The van der Waals surface area contributed by atoms with Crippen molar-refractivity contribution in [1.29, 1.82) is 0 Å². The van der Waals surface area contributed by atoms with Crippen LogP contribution >= 0.6 is 0 Å². The summed E-state index contributed by atoms with van der Waals surface area (Å²) in [6.45, 7) is 3.47. The third kappa shape index (κ3) is 6.12. The van der Waals surface area contributed by atoms with Crippen LogP contribution in [-0.2, 0) is 16.1 Å². The third-order valence-corrected chi connectivity index (χ3v) is 7.00. The van der Waals surface area contributed by atoms with Gasteiger partial charge in [0.2, 0.25) is 0 Å². The lowest BCUT2D eigenvalue weighted by Crippen LogP contribution is -2.41. The van der Waals surface area contributed by atoms with Gasteiger partial charge < -0.3 is 19.5 Å². The molecule has 2 aromatic carbocycles. The van der Waals surface area contributed by atoms with Gasteiger partial charge in [-0.2, -0.15) is 0 Å². The van der Waals surface area contributed by atoms with Gasteiger partial charge in [0.15, 0.2) is 0 Å². The van der Waals surface area contributed by atoms with E-state index in [-0.39, 0.29) is 12.0 Å². The lowest BCUT2D eigenvalue weighted by molar-refractivity contribution is 0.00988. The lowest BCUT2D eigenvalue weighted by atomic mass is 9.89. The van der Waals surface area contributed by atoms with E-state index in [0.29, 0.717) is 31.9 Å². The van der Waals surface area contributed by atoms with Gasteiger partial charge in [0, 0.05) is 24.9 Å². The molecule has 1 saturated heterocycles. The second-order valence-corrected chi connectivity index (χ2v) is 9.41. The lowest BCUT2D eigenvalue weighted by Gasteiger charge is -2.32. The van der Waals surface area contributed by atoms with Crippen LogP contribution in [0.2, 0.25) is 0 Å². The quantitative estimate of drug-likeness (QED) is 0.452. The summed E-state index contributed by atoms with van der Waals surface area (Å²) in [5, 5.41) is 5.97. The van der Waals surface area contributed by atoms with Gasteiger partial charge in [-0.3, -0.25) is 0 Å². The van der Waals surface area contributed by atoms with E-state index in [2.05, 4.69) is 57.7 Å². The van der Waals surface area contributed by atoms with E-state index in [4.69, 9.17) is 14.2 Å². The minimum absolute atomic E-state index is 0.0829. The standard InChI is InChI=1S/C28H35N3O3/c1-2-8-25(9-3-1)32-14-15-33-28-30-17-24(18-31-28)26-12-13-29-19-27(26)34-20-21-10-11-22-6-4-5-7-23(22)16-21/h4-7,10-11,16-18,25-27,29H,1-3,8-9,12-15,19-20H2. The van der Waals surface area contributed by atoms with Gasteiger partial charge in [-0.15, -0.1) is 0 Å². The summed E-state index contributed by atoms with van der Waals surface area (Å²) in [6, 6.07) is 15.4. The predicted octanol–water partition coefficient (Wildman–Crippen LogP) is 5.02. The Balaban J connectivity index is 1.13. The van der Waals surface area contributed by atoms with Crippen LogP contribution in [-0.4, -0.2) is 48.5 Å². The number of benzene rings is 2. The van der Waals surface area contributed by atoms with E-state index in [9.17, 15) is 0 Å². The Hall–Kier alpha value is -2.54. The molecule has 2 fully saturated rings. The normalized spacial score (nSPS) is 21.5. The van der Waals surface area contributed by atoms with Crippen molar-refractivity contribution >= 4 is 10.8 Å². The Morgan fingerprint density at radius 3 is 2.53 bits per heavy atom. The van der Waals surface area contributed by atoms with E-state index in [0.717, 1.165) is 25.1 Å². The Morgan fingerprint density at radius 2 is 1.68 bits per heavy atom. The minimum Gasteiger partial charge on any atom is -0.461 e. The molecule has 6 heteroatoms. The number of hydrogen-bond acceptors (Lipinski definition) is 6. The van der Waals surface area contributed by atoms with Gasteiger partial charge >= 0.3 is 6.01 Å². The Labute approximate surface area is 202 Å². The van der Waals surface area contributed by atoms with E-state index in [1.807, 2.05) is 12.4 Å². The molecule has 2 heterocycles. The van der Waals surface area contributed by atoms with Crippen LogP contribution in [0.25, 0.3) is 10.8 Å². The first-order valence-corrected chi connectivity index (χ1v) is 12.7. The highest BCUT2D eigenvalue weighted by Crippen LogP contribution is 2.28. The summed E-state index contributed by atoms with van der Waals surface area (Å²) in [7, 11) is 0. The topological polar surface area (TPSA) is 65.5 Å². The summed E-state index contributed by atoms with van der Waals surface area (Å²) in [4.78, 5) is 8.92. The fraction of sp³-hybridized carbons (Fsp3) is 0.500. The number of nitrogens with zero attached hydrogens (tertiary/aromatic N) is 2. The number of ether oxygens (including phenoxy) is 3. The molecule has 6 nitrogen and oxygen atoms in total. The zero-order valence-corrected chi connectivity index (χ0v) is 19.8. The largest absolute Gasteiger partial charge is 0.461 e. The van der Waals surface area contributed by atoms with Gasteiger partial charge in [0.25, 0.3) is 0 Å². The zero-order valence-electron chi connectivity index (χ0n) is 19.8. The molecule has 2 atom stereocenters. The monoisotopic (exact) mass is 461 g/mol. The maximum absolute atomic E-state index is 6.39. The van der Waals surface area contributed by atoms with Crippen molar-refractivity contribution in [3.8, 4) is 6.01 Å². The first-order valence-electron chi connectivity index (χ1n) is 12.7. The summed E-state index contributed by atoms with van der Waals surface area (Å²) in [6.07, 6.45) is 11.5. The van der Waals surface area contributed by atoms with Gasteiger partial charge in [-0.25, -0.2) is 9.97 Å². The molecule has 1 aromatic heterocycles. The van der Waals surface area contributed by atoms with Crippen molar-refractivity contribution in [1.82, 2.24) is 15.3 Å². The van der Waals surface area contributed by atoms with E-state index in [1.54, 1.807) is 0 Å². The van der Waals surface area contributed by atoms with Crippen LogP contribution in [0.1, 0.15) is 55.6 Å². The van der Waals surface area contributed by atoms with Crippen LogP contribution in [0.4, 0.5) is 0 Å². The van der Waals surface area contributed by atoms with Gasteiger partial charge in [-0.05, 0) is 53.8 Å². The summed E-state index contributed by atoms with van der Waals surface area (Å²) in [5.41, 5.74) is 2.30. The number of fused-ring (bicyclic) bond motifs is 1. The van der Waals surface area contributed by atoms with E-state index < -0.39 is 0 Å².